The molecular weight excluding hydrogens is 306 g/mol. The number of anilines is 1. The number of phenolic OH excluding ortho intramolecular Hbond substituents is 1. The molecule has 0 spiro atoms. The Morgan fingerprint density at radius 3 is 2.29 bits per heavy atom. The molecule has 0 atom stereocenters. The zero-order valence-corrected chi connectivity index (χ0v) is 12.6. The summed E-state index contributed by atoms with van der Waals surface area (Å²) in [5.74, 6) is -0.420. The largest absolute Gasteiger partial charge is 0.508 e. The van der Waals surface area contributed by atoms with Crippen molar-refractivity contribution in [2.75, 3.05) is 5.32 Å². The standard InChI is InChI=1S/C18H15N3O3/c22-14-10-8-13(9-11-14)17(23)20-21-18(24)19-16-7-3-5-12-4-1-2-6-15(12)16/h1-11,22H,(H,20,23)(H2,19,21,24). The Bertz CT molecular complexity index is 886. The minimum atomic E-state index is -0.557. The lowest BCUT2D eigenvalue weighted by Crippen LogP contribution is -2.43. The number of hydrogen-bond donors (Lipinski definition) is 4. The van der Waals surface area contributed by atoms with Crippen LogP contribution in [0.5, 0.6) is 5.75 Å². The van der Waals surface area contributed by atoms with Crippen molar-refractivity contribution >= 4 is 28.4 Å². The van der Waals surface area contributed by atoms with Crippen molar-refractivity contribution in [3.05, 3.63) is 72.3 Å². The maximum Gasteiger partial charge on any atom is 0.337 e. The van der Waals surface area contributed by atoms with Gasteiger partial charge in [0.1, 0.15) is 5.75 Å². The summed E-state index contributed by atoms with van der Waals surface area (Å²) >= 11 is 0. The predicted molar refractivity (Wildman–Crippen MR) is 91.7 cm³/mol. The third kappa shape index (κ3) is 3.44. The first-order chi connectivity index (χ1) is 11.6. The third-order valence-corrected chi connectivity index (χ3v) is 3.46. The topological polar surface area (TPSA) is 90.5 Å². The smallest absolute Gasteiger partial charge is 0.337 e. The Balaban J connectivity index is 1.63. The number of phenols is 1. The van der Waals surface area contributed by atoms with Gasteiger partial charge in [-0.1, -0.05) is 36.4 Å². The molecule has 0 unspecified atom stereocenters. The molecule has 0 aliphatic heterocycles. The van der Waals surface area contributed by atoms with Crippen molar-refractivity contribution in [2.45, 2.75) is 0 Å². The highest BCUT2D eigenvalue weighted by atomic mass is 16.3. The number of benzene rings is 3. The Labute approximate surface area is 138 Å². The van der Waals surface area contributed by atoms with Crippen LogP contribution >= 0.6 is 0 Å². The highest BCUT2D eigenvalue weighted by Gasteiger charge is 2.08. The number of urea groups is 1. The predicted octanol–water partition coefficient (Wildman–Crippen LogP) is 3.01. The van der Waals surface area contributed by atoms with Gasteiger partial charge in [-0.15, -0.1) is 0 Å². The molecule has 3 amide bonds. The van der Waals surface area contributed by atoms with E-state index < -0.39 is 11.9 Å². The number of fused-ring (bicyclic) bond motifs is 1. The van der Waals surface area contributed by atoms with Crippen molar-refractivity contribution in [1.29, 1.82) is 0 Å². The maximum atomic E-state index is 12.0. The number of carbonyl (C=O) groups is 2. The van der Waals surface area contributed by atoms with E-state index in [0.717, 1.165) is 10.8 Å². The second-order valence-electron chi connectivity index (χ2n) is 5.11. The minimum Gasteiger partial charge on any atom is -0.508 e. The molecule has 3 aromatic rings. The second kappa shape index (κ2) is 6.70. The van der Waals surface area contributed by atoms with Crippen LogP contribution in [0.3, 0.4) is 0 Å². The average molecular weight is 321 g/mol. The average Bonchev–Trinajstić information content (AvgIpc) is 2.61. The van der Waals surface area contributed by atoms with Crippen molar-refractivity contribution in [3.63, 3.8) is 0 Å². The SMILES string of the molecule is O=C(NNC(=O)c1ccc(O)cc1)Nc1cccc2ccccc12. The van der Waals surface area contributed by atoms with Crippen LogP contribution < -0.4 is 16.2 Å². The summed E-state index contributed by atoms with van der Waals surface area (Å²) in [7, 11) is 0. The lowest BCUT2D eigenvalue weighted by molar-refractivity contribution is 0.0938. The van der Waals surface area contributed by atoms with Gasteiger partial charge in [-0.05, 0) is 35.7 Å². The highest BCUT2D eigenvalue weighted by molar-refractivity contribution is 6.02. The van der Waals surface area contributed by atoms with Crippen LogP contribution in [-0.2, 0) is 0 Å². The Morgan fingerprint density at radius 1 is 0.792 bits per heavy atom. The second-order valence-corrected chi connectivity index (χ2v) is 5.11. The van der Waals surface area contributed by atoms with Crippen LogP contribution in [-0.4, -0.2) is 17.0 Å². The zero-order valence-electron chi connectivity index (χ0n) is 12.6. The number of amides is 3. The van der Waals surface area contributed by atoms with Crippen molar-refractivity contribution in [1.82, 2.24) is 10.9 Å². The molecule has 0 aromatic heterocycles. The van der Waals surface area contributed by atoms with Crippen LogP contribution in [0.2, 0.25) is 0 Å². The molecule has 4 N–H and O–H groups in total. The Hall–Kier alpha value is -3.54. The molecule has 24 heavy (non-hydrogen) atoms. The fourth-order valence-electron chi connectivity index (χ4n) is 2.29. The van der Waals surface area contributed by atoms with Gasteiger partial charge in [0.15, 0.2) is 0 Å². The van der Waals surface area contributed by atoms with Gasteiger partial charge in [-0.3, -0.25) is 10.2 Å². The van der Waals surface area contributed by atoms with E-state index in [1.165, 1.54) is 24.3 Å². The lowest BCUT2D eigenvalue weighted by atomic mass is 10.1. The highest BCUT2D eigenvalue weighted by Crippen LogP contribution is 2.22. The van der Waals surface area contributed by atoms with E-state index in [1.54, 1.807) is 6.07 Å². The van der Waals surface area contributed by atoms with Crippen LogP contribution in [0.25, 0.3) is 10.8 Å². The van der Waals surface area contributed by atoms with Gasteiger partial charge in [0.05, 0.1) is 5.69 Å². The van der Waals surface area contributed by atoms with Gasteiger partial charge in [0.25, 0.3) is 5.91 Å². The normalized spacial score (nSPS) is 10.2. The number of carbonyl (C=O) groups excluding carboxylic acids is 2. The van der Waals surface area contributed by atoms with E-state index in [0.29, 0.717) is 11.3 Å². The fourth-order valence-corrected chi connectivity index (χ4v) is 2.29. The van der Waals surface area contributed by atoms with Crippen LogP contribution in [0.15, 0.2) is 66.7 Å². The molecule has 3 aromatic carbocycles. The van der Waals surface area contributed by atoms with Crippen LogP contribution in [0.4, 0.5) is 10.5 Å². The molecule has 0 saturated carbocycles. The van der Waals surface area contributed by atoms with E-state index >= 15 is 0 Å². The first-order valence-corrected chi connectivity index (χ1v) is 7.27. The summed E-state index contributed by atoms with van der Waals surface area (Å²) in [6, 6.07) is 18.4. The molecule has 120 valence electrons. The summed E-state index contributed by atoms with van der Waals surface area (Å²) in [4.78, 5) is 23.9. The summed E-state index contributed by atoms with van der Waals surface area (Å²) < 4.78 is 0. The van der Waals surface area contributed by atoms with Gasteiger partial charge in [-0.25, -0.2) is 10.2 Å². The lowest BCUT2D eigenvalue weighted by Gasteiger charge is -2.11. The summed E-state index contributed by atoms with van der Waals surface area (Å²) in [6.45, 7) is 0. The summed E-state index contributed by atoms with van der Waals surface area (Å²) in [5, 5.41) is 13.8. The van der Waals surface area contributed by atoms with Gasteiger partial charge in [-0.2, -0.15) is 0 Å². The number of nitrogens with one attached hydrogen (secondary N) is 3. The maximum absolute atomic E-state index is 12.0. The first-order valence-electron chi connectivity index (χ1n) is 7.27. The Morgan fingerprint density at radius 2 is 1.50 bits per heavy atom. The van der Waals surface area contributed by atoms with E-state index in [4.69, 9.17) is 0 Å². The van der Waals surface area contributed by atoms with Crippen LogP contribution in [0.1, 0.15) is 10.4 Å². The third-order valence-electron chi connectivity index (χ3n) is 3.46. The molecule has 6 heteroatoms. The molecule has 0 fully saturated rings. The van der Waals surface area contributed by atoms with E-state index in [1.807, 2.05) is 36.4 Å². The first kappa shape index (κ1) is 15.4. The molecule has 3 rings (SSSR count). The van der Waals surface area contributed by atoms with E-state index in [-0.39, 0.29) is 5.75 Å². The van der Waals surface area contributed by atoms with Gasteiger partial charge in [0, 0.05) is 10.9 Å². The number of aromatic hydroxyl groups is 1. The summed E-state index contributed by atoms with van der Waals surface area (Å²) in [6.07, 6.45) is 0. The van der Waals surface area contributed by atoms with Crippen molar-refractivity contribution in [2.24, 2.45) is 0 Å². The number of rotatable bonds is 2. The molecule has 0 radical (unpaired) electrons. The van der Waals surface area contributed by atoms with Gasteiger partial charge < -0.3 is 10.4 Å². The quantitative estimate of drug-likeness (QED) is 0.547. The van der Waals surface area contributed by atoms with Gasteiger partial charge >= 0.3 is 6.03 Å². The molecule has 6 nitrogen and oxygen atoms in total. The zero-order chi connectivity index (χ0) is 16.9. The molecule has 0 bridgehead atoms. The molecular formula is C18H15N3O3. The number of hydrogen-bond acceptors (Lipinski definition) is 3. The monoisotopic (exact) mass is 321 g/mol. The van der Waals surface area contributed by atoms with E-state index in [2.05, 4.69) is 16.2 Å². The summed E-state index contributed by atoms with van der Waals surface area (Å²) in [5.41, 5.74) is 5.56. The van der Waals surface area contributed by atoms with Crippen molar-refractivity contribution in [3.8, 4) is 5.75 Å². The molecule has 0 heterocycles. The molecule has 0 saturated heterocycles. The van der Waals surface area contributed by atoms with E-state index in [9.17, 15) is 14.7 Å². The minimum absolute atomic E-state index is 0.0632. The fraction of sp³-hybridized carbons (Fsp3) is 0. The number of hydrazine groups is 1. The molecule has 0 aliphatic rings. The van der Waals surface area contributed by atoms with Crippen LogP contribution in [0, 0.1) is 0 Å². The Kier molecular flexibility index (Phi) is 4.29. The van der Waals surface area contributed by atoms with Gasteiger partial charge in [0.2, 0.25) is 0 Å². The van der Waals surface area contributed by atoms with Crippen molar-refractivity contribution < 1.29 is 14.7 Å². The molecule has 0 aliphatic carbocycles.